The van der Waals surface area contributed by atoms with Gasteiger partial charge in [-0.15, -0.1) is 0 Å². The zero-order chi connectivity index (χ0) is 28.6. The summed E-state index contributed by atoms with van der Waals surface area (Å²) in [6, 6.07) is 13.8. The zero-order valence-corrected chi connectivity index (χ0v) is 23.0. The number of aromatic nitrogens is 4. The molecule has 1 saturated heterocycles. The second kappa shape index (κ2) is 13.3. The average molecular weight is 561 g/mol. The van der Waals surface area contributed by atoms with E-state index in [-0.39, 0.29) is 6.54 Å². The van der Waals surface area contributed by atoms with Crippen LogP contribution in [0.2, 0.25) is 0 Å². The number of imidazole rings is 1. The van der Waals surface area contributed by atoms with Gasteiger partial charge in [-0.1, -0.05) is 24.3 Å². The van der Waals surface area contributed by atoms with Crippen molar-refractivity contribution in [3.63, 3.8) is 0 Å². The highest BCUT2D eigenvalue weighted by molar-refractivity contribution is 6.09. The predicted molar refractivity (Wildman–Crippen MR) is 157 cm³/mol. The third-order valence-electron chi connectivity index (χ3n) is 7.21. The summed E-state index contributed by atoms with van der Waals surface area (Å²) in [6.07, 6.45) is 7.95. The molecule has 0 amide bonds. The van der Waals surface area contributed by atoms with Crippen molar-refractivity contribution < 1.29 is 13.5 Å². The smallest absolute Gasteiger partial charge is 0.251 e. The van der Waals surface area contributed by atoms with Crippen molar-refractivity contribution in [3.05, 3.63) is 78.5 Å². The van der Waals surface area contributed by atoms with Crippen molar-refractivity contribution in [1.82, 2.24) is 24.3 Å². The third-order valence-corrected chi connectivity index (χ3v) is 7.21. The van der Waals surface area contributed by atoms with E-state index >= 15 is 0 Å². The number of allylic oxidation sites excluding steroid dienone is 1. The lowest BCUT2D eigenvalue weighted by atomic mass is 9.98. The molecule has 41 heavy (non-hydrogen) atoms. The Balaban J connectivity index is 1.19. The molecule has 1 aromatic carbocycles. The number of rotatable bonds is 11. The summed E-state index contributed by atoms with van der Waals surface area (Å²) >= 11 is 0. The Kier molecular flexibility index (Phi) is 9.15. The summed E-state index contributed by atoms with van der Waals surface area (Å²) < 4.78 is 33.2. The highest BCUT2D eigenvalue weighted by Crippen LogP contribution is 2.25. The lowest BCUT2D eigenvalue weighted by Crippen LogP contribution is -2.38. The van der Waals surface area contributed by atoms with E-state index in [0.29, 0.717) is 38.0 Å². The van der Waals surface area contributed by atoms with Crippen molar-refractivity contribution in [1.29, 1.82) is 0 Å². The maximum Gasteiger partial charge on any atom is 0.251 e. The van der Waals surface area contributed by atoms with E-state index in [1.165, 1.54) is 6.33 Å². The molecule has 0 saturated carbocycles. The fourth-order valence-electron chi connectivity index (χ4n) is 4.94. The molecule has 0 atom stereocenters. The standard InChI is InChI=1S/C30H34F2N8O/c1-34-16-24(14-33)23-4-2-21(3-5-23)15-35-29-13-26(37-20-38-29)27-17-36-30-12-25(8-11-40(27)30)41-19-22-6-9-39(10-7-22)18-28(31)32/h2-5,8,11-14,16-17,20,22,28H,6-7,9-10,15,18-19,33H2,1H3,(H,35,37,38). The minimum atomic E-state index is -2.28. The Hall–Kier alpha value is -4.38. The molecule has 4 aromatic rings. The quantitative estimate of drug-likeness (QED) is 0.255. The molecule has 11 heteroatoms. The second-order valence-electron chi connectivity index (χ2n) is 10.0. The second-order valence-corrected chi connectivity index (χ2v) is 10.0. The van der Waals surface area contributed by atoms with Crippen LogP contribution < -0.4 is 15.8 Å². The van der Waals surface area contributed by atoms with Crippen LogP contribution >= 0.6 is 0 Å². The highest BCUT2D eigenvalue weighted by Gasteiger charge is 2.22. The summed E-state index contributed by atoms with van der Waals surface area (Å²) in [5.41, 5.74) is 11.0. The fraction of sp³-hybridized carbons (Fsp3) is 0.333. The molecule has 3 N–H and O–H groups in total. The number of piperidine rings is 1. The minimum absolute atomic E-state index is 0.145. The van der Waals surface area contributed by atoms with Crippen LogP contribution in [0.5, 0.6) is 5.75 Å². The molecule has 214 valence electrons. The lowest BCUT2D eigenvalue weighted by molar-refractivity contribution is 0.0620. The Morgan fingerprint density at radius 2 is 1.95 bits per heavy atom. The van der Waals surface area contributed by atoms with Crippen molar-refractivity contribution in [2.75, 3.05) is 38.6 Å². The monoisotopic (exact) mass is 560 g/mol. The van der Waals surface area contributed by atoms with Gasteiger partial charge in [-0.05, 0) is 49.0 Å². The number of likely N-dealkylation sites (tertiary alicyclic amines) is 1. The number of halogens is 2. The molecule has 3 aromatic heterocycles. The first kappa shape index (κ1) is 28.2. The van der Waals surface area contributed by atoms with Gasteiger partial charge in [0.1, 0.15) is 23.5 Å². The molecule has 9 nitrogen and oxygen atoms in total. The molecule has 5 rings (SSSR count). The number of hydrogen-bond donors (Lipinski definition) is 2. The first-order valence-electron chi connectivity index (χ1n) is 13.6. The van der Waals surface area contributed by atoms with Gasteiger partial charge >= 0.3 is 0 Å². The van der Waals surface area contributed by atoms with Crippen LogP contribution in [0.1, 0.15) is 24.0 Å². The van der Waals surface area contributed by atoms with Gasteiger partial charge in [-0.2, -0.15) is 0 Å². The number of benzene rings is 1. The van der Waals surface area contributed by atoms with Crippen molar-refractivity contribution in [3.8, 4) is 17.1 Å². The number of alkyl halides is 2. The van der Waals surface area contributed by atoms with Gasteiger partial charge < -0.3 is 15.8 Å². The normalized spacial score (nSPS) is 15.3. The fourth-order valence-corrected chi connectivity index (χ4v) is 4.94. The minimum Gasteiger partial charge on any atom is -0.493 e. The van der Waals surface area contributed by atoms with Crippen LogP contribution in [0.4, 0.5) is 14.6 Å². The maximum atomic E-state index is 12.6. The van der Waals surface area contributed by atoms with E-state index < -0.39 is 6.43 Å². The number of nitrogens with zero attached hydrogens (tertiary/aromatic N) is 6. The van der Waals surface area contributed by atoms with Gasteiger partial charge in [0.25, 0.3) is 6.43 Å². The molecule has 0 spiro atoms. The summed E-state index contributed by atoms with van der Waals surface area (Å²) in [5.74, 6) is 1.79. The first-order chi connectivity index (χ1) is 20.0. The molecule has 1 aliphatic rings. The molecule has 4 heterocycles. The maximum absolute atomic E-state index is 12.6. The Bertz CT molecular complexity index is 1490. The van der Waals surface area contributed by atoms with E-state index in [0.717, 1.165) is 52.3 Å². The average Bonchev–Trinajstić information content (AvgIpc) is 3.42. The first-order valence-corrected chi connectivity index (χ1v) is 13.6. The number of nitrogens with one attached hydrogen (secondary N) is 1. The highest BCUT2D eigenvalue weighted by atomic mass is 19.3. The Morgan fingerprint density at radius 3 is 2.68 bits per heavy atom. The number of nitrogens with two attached hydrogens (primary N) is 1. The summed E-state index contributed by atoms with van der Waals surface area (Å²) in [5, 5.41) is 3.36. The van der Waals surface area contributed by atoms with Crippen molar-refractivity contribution >= 4 is 23.3 Å². The van der Waals surface area contributed by atoms with Crippen LogP contribution in [0.25, 0.3) is 22.6 Å². The Labute approximate surface area is 237 Å². The van der Waals surface area contributed by atoms with E-state index in [1.807, 2.05) is 58.0 Å². The molecule has 0 aliphatic carbocycles. The van der Waals surface area contributed by atoms with Gasteiger partial charge in [-0.3, -0.25) is 14.3 Å². The number of hydrogen-bond acceptors (Lipinski definition) is 8. The summed E-state index contributed by atoms with van der Waals surface area (Å²) in [4.78, 5) is 19.3. The van der Waals surface area contributed by atoms with Crippen molar-refractivity contribution in [2.24, 2.45) is 16.6 Å². The van der Waals surface area contributed by atoms with Gasteiger partial charge in [0, 0.05) is 49.9 Å². The van der Waals surface area contributed by atoms with E-state index in [4.69, 9.17) is 10.5 Å². The van der Waals surface area contributed by atoms with Gasteiger partial charge in [0.2, 0.25) is 0 Å². The lowest BCUT2D eigenvalue weighted by Gasteiger charge is -2.31. The number of ether oxygens (including phenoxy) is 1. The predicted octanol–water partition coefficient (Wildman–Crippen LogP) is 4.76. The molecule has 0 bridgehead atoms. The van der Waals surface area contributed by atoms with Gasteiger partial charge in [0.15, 0.2) is 0 Å². The molecule has 1 aliphatic heterocycles. The van der Waals surface area contributed by atoms with Crippen LogP contribution in [-0.4, -0.2) is 70.2 Å². The molecule has 0 radical (unpaired) electrons. The van der Waals surface area contributed by atoms with Gasteiger partial charge in [-0.25, -0.2) is 23.7 Å². The van der Waals surface area contributed by atoms with E-state index in [2.05, 4.69) is 25.3 Å². The molecular formula is C30H34F2N8O. The molecule has 0 unspecified atom stereocenters. The molecular weight excluding hydrogens is 526 g/mol. The topological polar surface area (TPSA) is 106 Å². The number of aliphatic imine (C=N–C) groups is 1. The van der Waals surface area contributed by atoms with Crippen LogP contribution in [0.15, 0.2) is 72.4 Å². The zero-order valence-electron chi connectivity index (χ0n) is 23.0. The van der Waals surface area contributed by atoms with Crippen molar-refractivity contribution in [2.45, 2.75) is 25.8 Å². The SMILES string of the molecule is CN=CC(=CN)c1ccc(CNc2cc(-c3cnc4cc(OCC5CCN(CC(F)F)CC5)ccn34)ncn2)cc1. The summed E-state index contributed by atoms with van der Waals surface area (Å²) in [6.45, 7) is 2.39. The third kappa shape index (κ3) is 7.23. The number of anilines is 1. The number of fused-ring (bicyclic) bond motifs is 1. The van der Waals surface area contributed by atoms with Crippen LogP contribution in [0, 0.1) is 5.92 Å². The molecule has 1 fully saturated rings. The number of pyridine rings is 1. The van der Waals surface area contributed by atoms with Crippen LogP contribution in [-0.2, 0) is 6.54 Å². The van der Waals surface area contributed by atoms with E-state index in [1.54, 1.807) is 25.7 Å². The Morgan fingerprint density at radius 1 is 1.15 bits per heavy atom. The van der Waals surface area contributed by atoms with E-state index in [9.17, 15) is 8.78 Å². The van der Waals surface area contributed by atoms with Gasteiger partial charge in [0.05, 0.1) is 30.7 Å². The van der Waals surface area contributed by atoms with Crippen LogP contribution in [0.3, 0.4) is 0 Å². The largest absolute Gasteiger partial charge is 0.493 e. The summed E-state index contributed by atoms with van der Waals surface area (Å²) in [7, 11) is 1.72.